The molecule has 0 radical (unpaired) electrons. The van der Waals surface area contributed by atoms with Crippen molar-refractivity contribution in [2.45, 2.75) is 10.1 Å². The average Bonchev–Trinajstić information content (AvgIpc) is 2.76. The second kappa shape index (κ2) is 5.05. The van der Waals surface area contributed by atoms with Crippen LogP contribution in [0, 0.1) is 0 Å². The molecule has 0 amide bonds. The molecule has 0 aliphatic carbocycles. The summed E-state index contributed by atoms with van der Waals surface area (Å²) in [7, 11) is 3.06. The van der Waals surface area contributed by atoms with Gasteiger partial charge in [0.2, 0.25) is 5.16 Å². The summed E-state index contributed by atoms with van der Waals surface area (Å²) in [6, 6.07) is 4.95. The van der Waals surface area contributed by atoms with Crippen LogP contribution in [0.3, 0.4) is 0 Å². The molecule has 2 rings (SSSR count). The Bertz CT molecular complexity index is 583. The lowest BCUT2D eigenvalue weighted by Crippen LogP contribution is -2.02. The molecular weight excluding hydrogens is 254 g/mol. The van der Waals surface area contributed by atoms with Crippen molar-refractivity contribution in [1.29, 1.82) is 0 Å². The van der Waals surface area contributed by atoms with Crippen LogP contribution in [0.1, 0.15) is 10.4 Å². The normalized spacial score (nSPS) is 10.3. The smallest absolute Gasteiger partial charge is 0.337 e. The molecule has 18 heavy (non-hydrogen) atoms. The Kier molecular flexibility index (Phi) is 3.47. The summed E-state index contributed by atoms with van der Waals surface area (Å²) < 4.78 is 6.16. The monoisotopic (exact) mass is 265 g/mol. The third kappa shape index (κ3) is 2.43. The second-order valence-electron chi connectivity index (χ2n) is 3.43. The van der Waals surface area contributed by atoms with E-state index in [0.29, 0.717) is 16.4 Å². The predicted octanol–water partition coefficient (Wildman–Crippen LogP) is 0.730. The van der Waals surface area contributed by atoms with Gasteiger partial charge >= 0.3 is 5.97 Å². The summed E-state index contributed by atoms with van der Waals surface area (Å²) in [6.07, 6.45) is 0. The van der Waals surface area contributed by atoms with E-state index in [-0.39, 0.29) is 0 Å². The molecular formula is C10H11N5O2S. The summed E-state index contributed by atoms with van der Waals surface area (Å²) in [6.45, 7) is 0. The van der Waals surface area contributed by atoms with Crippen LogP contribution in [0.15, 0.2) is 28.3 Å². The van der Waals surface area contributed by atoms with Crippen LogP contribution in [0.25, 0.3) is 0 Å². The number of rotatable bonds is 3. The zero-order valence-corrected chi connectivity index (χ0v) is 10.6. The zero-order valence-electron chi connectivity index (χ0n) is 9.82. The quantitative estimate of drug-likeness (QED) is 0.645. The van der Waals surface area contributed by atoms with Crippen LogP contribution in [-0.2, 0) is 11.8 Å². The van der Waals surface area contributed by atoms with Gasteiger partial charge in [0.25, 0.3) is 0 Å². The van der Waals surface area contributed by atoms with Gasteiger partial charge in [0.1, 0.15) is 0 Å². The lowest BCUT2D eigenvalue weighted by atomic mass is 10.2. The molecule has 7 nitrogen and oxygen atoms in total. The van der Waals surface area contributed by atoms with Gasteiger partial charge in [0.05, 0.1) is 12.7 Å². The third-order valence-corrected chi connectivity index (χ3v) is 3.33. The number of tetrazole rings is 1. The number of carbonyl (C=O) groups is 1. The Hall–Kier alpha value is -2.09. The van der Waals surface area contributed by atoms with Gasteiger partial charge in [-0.2, -0.15) is 0 Å². The number of hydrogen-bond acceptors (Lipinski definition) is 7. The molecule has 0 fully saturated rings. The van der Waals surface area contributed by atoms with E-state index in [2.05, 4.69) is 20.3 Å². The van der Waals surface area contributed by atoms with Crippen LogP contribution in [0.2, 0.25) is 0 Å². The maximum Gasteiger partial charge on any atom is 0.337 e. The van der Waals surface area contributed by atoms with Crippen molar-refractivity contribution >= 4 is 23.4 Å². The van der Waals surface area contributed by atoms with Gasteiger partial charge in [-0.25, -0.2) is 9.48 Å². The van der Waals surface area contributed by atoms with Crippen LogP contribution in [0.4, 0.5) is 5.69 Å². The average molecular weight is 265 g/mol. The van der Waals surface area contributed by atoms with Gasteiger partial charge < -0.3 is 10.5 Å². The fourth-order valence-electron chi connectivity index (χ4n) is 1.29. The maximum absolute atomic E-state index is 11.3. The van der Waals surface area contributed by atoms with E-state index in [9.17, 15) is 4.79 Å². The lowest BCUT2D eigenvalue weighted by molar-refractivity contribution is 0.0600. The Morgan fingerprint density at radius 3 is 2.83 bits per heavy atom. The molecule has 0 unspecified atom stereocenters. The molecule has 0 atom stereocenters. The van der Waals surface area contributed by atoms with E-state index in [1.54, 1.807) is 29.9 Å². The first-order valence-electron chi connectivity index (χ1n) is 5.00. The van der Waals surface area contributed by atoms with E-state index >= 15 is 0 Å². The highest BCUT2D eigenvalue weighted by Gasteiger charge is 2.11. The van der Waals surface area contributed by atoms with Crippen molar-refractivity contribution in [3.8, 4) is 0 Å². The highest BCUT2D eigenvalue weighted by molar-refractivity contribution is 7.99. The van der Waals surface area contributed by atoms with E-state index in [4.69, 9.17) is 5.73 Å². The summed E-state index contributed by atoms with van der Waals surface area (Å²) in [5, 5.41) is 11.7. The Morgan fingerprint density at radius 2 is 2.28 bits per heavy atom. The molecule has 0 bridgehead atoms. The van der Waals surface area contributed by atoms with Crippen molar-refractivity contribution in [1.82, 2.24) is 20.2 Å². The molecule has 0 spiro atoms. The Balaban J connectivity index is 2.25. The number of esters is 1. The first kappa shape index (κ1) is 12.4. The van der Waals surface area contributed by atoms with Crippen molar-refractivity contribution in [3.05, 3.63) is 23.8 Å². The minimum atomic E-state index is -0.418. The maximum atomic E-state index is 11.3. The number of methoxy groups -OCH3 is 1. The fraction of sp³-hybridized carbons (Fsp3) is 0.200. The Morgan fingerprint density at radius 1 is 1.50 bits per heavy atom. The lowest BCUT2D eigenvalue weighted by Gasteiger charge is -2.06. The molecule has 2 aromatic rings. The molecule has 1 aromatic carbocycles. The zero-order chi connectivity index (χ0) is 13.1. The number of aromatic nitrogens is 4. The molecule has 8 heteroatoms. The first-order chi connectivity index (χ1) is 8.61. The molecule has 1 heterocycles. The molecule has 0 saturated carbocycles. The SMILES string of the molecule is COC(=O)c1ccc(Sc2nnnn2C)c(N)c1. The summed E-state index contributed by atoms with van der Waals surface area (Å²) in [4.78, 5) is 12.1. The second-order valence-corrected chi connectivity index (χ2v) is 4.44. The highest BCUT2D eigenvalue weighted by Crippen LogP contribution is 2.30. The van der Waals surface area contributed by atoms with Crippen LogP contribution >= 0.6 is 11.8 Å². The van der Waals surface area contributed by atoms with Crippen LogP contribution in [-0.4, -0.2) is 33.3 Å². The minimum Gasteiger partial charge on any atom is -0.465 e. The van der Waals surface area contributed by atoms with Crippen molar-refractivity contribution < 1.29 is 9.53 Å². The van der Waals surface area contributed by atoms with Gasteiger partial charge in [0.15, 0.2) is 0 Å². The van der Waals surface area contributed by atoms with Gasteiger partial charge in [-0.3, -0.25) is 0 Å². The molecule has 0 aliphatic rings. The van der Waals surface area contributed by atoms with Crippen molar-refractivity contribution in [2.24, 2.45) is 7.05 Å². The van der Waals surface area contributed by atoms with Crippen LogP contribution in [0.5, 0.6) is 0 Å². The summed E-state index contributed by atoms with van der Waals surface area (Å²) in [5.74, 6) is -0.418. The topological polar surface area (TPSA) is 95.9 Å². The van der Waals surface area contributed by atoms with Gasteiger partial charge in [0, 0.05) is 17.6 Å². The first-order valence-corrected chi connectivity index (χ1v) is 5.81. The number of ether oxygens (including phenoxy) is 1. The van der Waals surface area contributed by atoms with Crippen LogP contribution < -0.4 is 5.73 Å². The largest absolute Gasteiger partial charge is 0.465 e. The number of nitrogens with zero attached hydrogens (tertiary/aromatic N) is 4. The van der Waals surface area contributed by atoms with E-state index < -0.39 is 5.97 Å². The molecule has 0 aliphatic heterocycles. The Labute approximate surface area is 107 Å². The fourth-order valence-corrected chi connectivity index (χ4v) is 2.05. The minimum absolute atomic E-state index is 0.412. The molecule has 1 aromatic heterocycles. The van der Waals surface area contributed by atoms with E-state index in [0.717, 1.165) is 4.90 Å². The number of nitrogen functional groups attached to an aromatic ring is 1. The number of nitrogens with two attached hydrogens (primary N) is 1. The van der Waals surface area contributed by atoms with Crippen molar-refractivity contribution in [3.63, 3.8) is 0 Å². The number of carbonyl (C=O) groups excluding carboxylic acids is 1. The summed E-state index contributed by atoms with van der Waals surface area (Å²) >= 11 is 1.33. The number of aryl methyl sites for hydroxylation is 1. The number of hydrogen-bond donors (Lipinski definition) is 1. The third-order valence-electron chi connectivity index (χ3n) is 2.21. The standard InChI is InChI=1S/C10H11N5O2S/c1-15-10(12-13-14-15)18-8-4-3-6(5-7(8)11)9(16)17-2/h3-5H,11H2,1-2H3. The van der Waals surface area contributed by atoms with E-state index in [1.807, 2.05) is 0 Å². The number of anilines is 1. The molecule has 2 N–H and O–H groups in total. The predicted molar refractivity (Wildman–Crippen MR) is 65.1 cm³/mol. The highest BCUT2D eigenvalue weighted by atomic mass is 32.2. The molecule has 94 valence electrons. The number of benzene rings is 1. The summed E-state index contributed by atoms with van der Waals surface area (Å²) in [5.41, 5.74) is 6.76. The van der Waals surface area contributed by atoms with Crippen molar-refractivity contribution in [2.75, 3.05) is 12.8 Å². The van der Waals surface area contributed by atoms with E-state index in [1.165, 1.54) is 18.9 Å². The molecule has 0 saturated heterocycles. The van der Waals surface area contributed by atoms with Gasteiger partial charge in [-0.1, -0.05) is 0 Å². The van der Waals surface area contributed by atoms with Gasteiger partial charge in [-0.05, 0) is 40.4 Å². The van der Waals surface area contributed by atoms with Gasteiger partial charge in [-0.15, -0.1) is 5.10 Å².